The minimum atomic E-state index is 0.0130. The van der Waals surface area contributed by atoms with Crippen LogP contribution in [0.4, 0.5) is 0 Å². The summed E-state index contributed by atoms with van der Waals surface area (Å²) in [7, 11) is 0. The van der Waals surface area contributed by atoms with Gasteiger partial charge in [-0.3, -0.25) is 4.99 Å². The monoisotopic (exact) mass is 363 g/mol. The molecule has 0 saturated carbocycles. The molecule has 0 amide bonds. The lowest BCUT2D eigenvalue weighted by Gasteiger charge is -2.17. The van der Waals surface area contributed by atoms with Crippen LogP contribution in [-0.4, -0.2) is 30.0 Å². The molecule has 1 unspecified atom stereocenters. The van der Waals surface area contributed by atoms with Crippen LogP contribution >= 0.6 is 0 Å². The molecule has 3 nitrogen and oxygen atoms in total. The Labute approximate surface area is 163 Å². The molecule has 2 N–H and O–H groups in total. The maximum absolute atomic E-state index is 5.92. The Morgan fingerprint density at radius 1 is 0.846 bits per heavy atom. The quantitative estimate of drug-likeness (QED) is 0.239. The SMILES string of the molecule is CCCCCCCCC=CCCCCCCCCC1=NC(N)CN1CC. The number of amidine groups is 1. The molecular formula is C23H45N3. The molecule has 0 aliphatic carbocycles. The van der Waals surface area contributed by atoms with Gasteiger partial charge in [0.1, 0.15) is 12.0 Å². The van der Waals surface area contributed by atoms with E-state index >= 15 is 0 Å². The number of allylic oxidation sites excluding steroid dienone is 2. The third kappa shape index (κ3) is 11.7. The summed E-state index contributed by atoms with van der Waals surface area (Å²) in [5.41, 5.74) is 5.92. The summed E-state index contributed by atoms with van der Waals surface area (Å²) in [6, 6.07) is 0. The zero-order valence-corrected chi connectivity index (χ0v) is 17.7. The first kappa shape index (κ1) is 23.2. The molecule has 0 fully saturated rings. The van der Waals surface area contributed by atoms with Gasteiger partial charge in [0.25, 0.3) is 0 Å². The van der Waals surface area contributed by atoms with Crippen LogP contribution in [0.1, 0.15) is 110 Å². The van der Waals surface area contributed by atoms with Crippen LogP contribution in [0.2, 0.25) is 0 Å². The van der Waals surface area contributed by atoms with Crippen molar-refractivity contribution < 1.29 is 0 Å². The molecule has 0 radical (unpaired) electrons. The van der Waals surface area contributed by atoms with Crippen LogP contribution in [0.25, 0.3) is 0 Å². The lowest BCUT2D eigenvalue weighted by Crippen LogP contribution is -2.31. The topological polar surface area (TPSA) is 41.6 Å². The highest BCUT2D eigenvalue weighted by Gasteiger charge is 2.19. The van der Waals surface area contributed by atoms with E-state index in [0.29, 0.717) is 0 Å². The molecule has 0 aromatic carbocycles. The number of nitrogens with two attached hydrogens (primary N) is 1. The summed E-state index contributed by atoms with van der Waals surface area (Å²) in [6.07, 6.45) is 25.0. The average molecular weight is 364 g/mol. The second-order valence-corrected chi connectivity index (χ2v) is 7.84. The van der Waals surface area contributed by atoms with Gasteiger partial charge in [-0.15, -0.1) is 0 Å². The average Bonchev–Trinajstić information content (AvgIpc) is 3.01. The predicted octanol–water partition coefficient (Wildman–Crippen LogP) is 6.43. The van der Waals surface area contributed by atoms with Crippen LogP contribution < -0.4 is 5.73 Å². The number of nitrogens with zero attached hydrogens (tertiary/aromatic N) is 2. The lowest BCUT2D eigenvalue weighted by molar-refractivity contribution is 0.438. The maximum atomic E-state index is 5.92. The van der Waals surface area contributed by atoms with Crippen LogP contribution in [0, 0.1) is 0 Å². The lowest BCUT2D eigenvalue weighted by atomic mass is 10.1. The molecule has 1 heterocycles. The number of hydrogen-bond acceptors (Lipinski definition) is 3. The van der Waals surface area contributed by atoms with Crippen LogP contribution in [-0.2, 0) is 0 Å². The Morgan fingerprint density at radius 3 is 1.96 bits per heavy atom. The van der Waals surface area contributed by atoms with E-state index in [-0.39, 0.29) is 6.17 Å². The smallest absolute Gasteiger partial charge is 0.117 e. The van der Waals surface area contributed by atoms with Crippen molar-refractivity contribution in [2.75, 3.05) is 13.1 Å². The summed E-state index contributed by atoms with van der Waals surface area (Å²) in [5.74, 6) is 1.25. The van der Waals surface area contributed by atoms with Gasteiger partial charge in [-0.2, -0.15) is 0 Å². The molecular weight excluding hydrogens is 318 g/mol. The molecule has 1 aliphatic heterocycles. The third-order valence-electron chi connectivity index (χ3n) is 5.38. The molecule has 0 bridgehead atoms. The first-order valence-corrected chi connectivity index (χ1v) is 11.5. The van der Waals surface area contributed by atoms with Crippen molar-refractivity contribution in [2.24, 2.45) is 10.7 Å². The molecule has 0 saturated heterocycles. The van der Waals surface area contributed by atoms with Crippen LogP contribution in [0.5, 0.6) is 0 Å². The van der Waals surface area contributed by atoms with E-state index < -0.39 is 0 Å². The Bertz CT molecular complexity index is 376. The van der Waals surface area contributed by atoms with Crippen molar-refractivity contribution in [2.45, 2.75) is 116 Å². The molecule has 0 aromatic heterocycles. The van der Waals surface area contributed by atoms with Gasteiger partial charge in [-0.05, 0) is 39.0 Å². The maximum Gasteiger partial charge on any atom is 0.117 e. The van der Waals surface area contributed by atoms with Crippen LogP contribution in [0.15, 0.2) is 17.1 Å². The van der Waals surface area contributed by atoms with Crippen molar-refractivity contribution in [1.82, 2.24) is 4.90 Å². The van der Waals surface area contributed by atoms with Crippen molar-refractivity contribution in [3.05, 3.63) is 12.2 Å². The van der Waals surface area contributed by atoms with E-state index in [9.17, 15) is 0 Å². The largest absolute Gasteiger partial charge is 0.357 e. The van der Waals surface area contributed by atoms with Gasteiger partial charge in [0.2, 0.25) is 0 Å². The Morgan fingerprint density at radius 2 is 1.38 bits per heavy atom. The standard InChI is InChI=1S/C23H45N3/c1-3-5-6-7-8-9-10-11-12-13-14-15-16-17-18-19-20-23-25-22(24)21-26(23)4-2/h11-12,22H,3-10,13-21,24H2,1-2H3. The third-order valence-corrected chi connectivity index (χ3v) is 5.38. The Kier molecular flexibility index (Phi) is 14.6. The van der Waals surface area contributed by atoms with E-state index in [1.165, 1.54) is 95.7 Å². The predicted molar refractivity (Wildman–Crippen MR) is 117 cm³/mol. The molecule has 152 valence electrons. The Hall–Kier alpha value is -0.830. The Balaban J connectivity index is 1.82. The van der Waals surface area contributed by atoms with Gasteiger partial charge >= 0.3 is 0 Å². The number of hydrogen-bond donors (Lipinski definition) is 1. The number of rotatable bonds is 17. The first-order valence-electron chi connectivity index (χ1n) is 11.5. The molecule has 1 aliphatic rings. The highest BCUT2D eigenvalue weighted by molar-refractivity contribution is 5.84. The minimum absolute atomic E-state index is 0.0130. The summed E-state index contributed by atoms with van der Waals surface area (Å²) >= 11 is 0. The van der Waals surface area contributed by atoms with Crippen molar-refractivity contribution in [1.29, 1.82) is 0 Å². The number of unbranched alkanes of at least 4 members (excludes halogenated alkanes) is 12. The van der Waals surface area contributed by atoms with Gasteiger partial charge in [-0.25, -0.2) is 0 Å². The van der Waals surface area contributed by atoms with E-state index in [4.69, 9.17) is 5.73 Å². The summed E-state index contributed by atoms with van der Waals surface area (Å²) < 4.78 is 0. The van der Waals surface area contributed by atoms with E-state index in [2.05, 4.69) is 35.9 Å². The fourth-order valence-electron chi connectivity index (χ4n) is 3.71. The first-order chi connectivity index (χ1) is 12.8. The fraction of sp³-hybridized carbons (Fsp3) is 0.870. The molecule has 1 atom stereocenters. The molecule has 3 heteroatoms. The number of aliphatic imine (C=N–C) groups is 1. The van der Waals surface area contributed by atoms with Crippen molar-refractivity contribution >= 4 is 5.84 Å². The van der Waals surface area contributed by atoms with Gasteiger partial charge < -0.3 is 10.6 Å². The van der Waals surface area contributed by atoms with Crippen molar-refractivity contribution in [3.63, 3.8) is 0 Å². The van der Waals surface area contributed by atoms with E-state index in [0.717, 1.165) is 19.5 Å². The summed E-state index contributed by atoms with van der Waals surface area (Å²) in [5, 5.41) is 0. The van der Waals surface area contributed by atoms with Gasteiger partial charge in [0.05, 0.1) is 6.54 Å². The van der Waals surface area contributed by atoms with Crippen molar-refractivity contribution in [3.8, 4) is 0 Å². The highest BCUT2D eigenvalue weighted by Crippen LogP contribution is 2.14. The minimum Gasteiger partial charge on any atom is -0.357 e. The highest BCUT2D eigenvalue weighted by atomic mass is 15.3. The summed E-state index contributed by atoms with van der Waals surface area (Å²) in [6.45, 7) is 6.43. The molecule has 0 aromatic rings. The van der Waals surface area contributed by atoms with Gasteiger partial charge in [-0.1, -0.05) is 76.9 Å². The zero-order chi connectivity index (χ0) is 18.9. The van der Waals surface area contributed by atoms with Gasteiger partial charge in [0.15, 0.2) is 0 Å². The molecule has 26 heavy (non-hydrogen) atoms. The second-order valence-electron chi connectivity index (χ2n) is 7.84. The van der Waals surface area contributed by atoms with Crippen LogP contribution in [0.3, 0.4) is 0 Å². The van der Waals surface area contributed by atoms with Gasteiger partial charge in [0, 0.05) is 13.0 Å². The molecule has 0 spiro atoms. The number of likely N-dealkylation sites (N-methyl/N-ethyl adjacent to an activating group) is 1. The normalized spacial score (nSPS) is 17.4. The fourth-order valence-corrected chi connectivity index (χ4v) is 3.71. The zero-order valence-electron chi connectivity index (χ0n) is 17.7. The molecule has 1 rings (SSSR count). The van der Waals surface area contributed by atoms with E-state index in [1.807, 2.05) is 0 Å². The summed E-state index contributed by atoms with van der Waals surface area (Å²) in [4.78, 5) is 6.90. The van der Waals surface area contributed by atoms with E-state index in [1.54, 1.807) is 0 Å². The second kappa shape index (κ2) is 16.4.